The number of nitrogens with two attached hydrogens (primary N) is 1. The Bertz CT molecular complexity index is 385. The lowest BCUT2D eigenvalue weighted by atomic mass is 9.72. The van der Waals surface area contributed by atoms with Crippen molar-refractivity contribution in [2.24, 2.45) is 11.7 Å². The number of hydrogen-bond donors (Lipinski definition) is 2. The molecule has 16 heavy (non-hydrogen) atoms. The van der Waals surface area contributed by atoms with E-state index in [4.69, 9.17) is 22.1 Å². The standard InChI is InChI=1S/C10H13ClN4O/c11-5-3-13-10(14-4-5)15-8-7(12)6-1-2-16-9(6)8/h3-4,6-9H,1-2,12H2,(H,13,14,15). The Morgan fingerprint density at radius 3 is 2.94 bits per heavy atom. The van der Waals surface area contributed by atoms with E-state index in [1.807, 2.05) is 0 Å². The van der Waals surface area contributed by atoms with Gasteiger partial charge in [-0.3, -0.25) is 0 Å². The first-order valence-corrected chi connectivity index (χ1v) is 5.75. The lowest BCUT2D eigenvalue weighted by Gasteiger charge is -2.45. The van der Waals surface area contributed by atoms with Crippen LogP contribution in [0.4, 0.5) is 5.95 Å². The average Bonchev–Trinajstić information content (AvgIpc) is 2.73. The lowest BCUT2D eigenvalue weighted by molar-refractivity contribution is 0.00509. The minimum absolute atomic E-state index is 0.119. The molecule has 1 aliphatic carbocycles. The third-order valence-corrected chi connectivity index (χ3v) is 3.56. The number of anilines is 1. The summed E-state index contributed by atoms with van der Waals surface area (Å²) in [5.41, 5.74) is 6.06. The maximum Gasteiger partial charge on any atom is 0.223 e. The maximum atomic E-state index is 6.06. The monoisotopic (exact) mass is 240 g/mol. The van der Waals surface area contributed by atoms with Crippen molar-refractivity contribution in [2.45, 2.75) is 24.6 Å². The Kier molecular flexibility index (Phi) is 2.46. The minimum atomic E-state index is 0.119. The third-order valence-electron chi connectivity index (χ3n) is 3.36. The highest BCUT2D eigenvalue weighted by Crippen LogP contribution is 2.38. The molecule has 0 radical (unpaired) electrons. The number of aromatic nitrogens is 2. The largest absolute Gasteiger partial charge is 0.376 e. The molecule has 1 aromatic heterocycles. The van der Waals surface area contributed by atoms with E-state index in [-0.39, 0.29) is 18.2 Å². The van der Waals surface area contributed by atoms with Gasteiger partial charge in [0, 0.05) is 18.6 Å². The van der Waals surface area contributed by atoms with Crippen molar-refractivity contribution in [3.8, 4) is 0 Å². The molecule has 5 nitrogen and oxygen atoms in total. The number of nitrogens with zero attached hydrogens (tertiary/aromatic N) is 2. The van der Waals surface area contributed by atoms with Gasteiger partial charge in [-0.1, -0.05) is 11.6 Å². The van der Waals surface area contributed by atoms with Crippen LogP contribution in [0.1, 0.15) is 6.42 Å². The van der Waals surface area contributed by atoms with Crippen molar-refractivity contribution < 1.29 is 4.74 Å². The van der Waals surface area contributed by atoms with Crippen molar-refractivity contribution in [1.29, 1.82) is 0 Å². The van der Waals surface area contributed by atoms with Gasteiger partial charge in [0.25, 0.3) is 0 Å². The molecule has 1 saturated carbocycles. The Balaban J connectivity index is 1.69. The molecule has 0 amide bonds. The van der Waals surface area contributed by atoms with Crippen LogP contribution >= 0.6 is 11.6 Å². The Hall–Kier alpha value is -0.910. The molecule has 4 unspecified atom stereocenters. The van der Waals surface area contributed by atoms with Crippen LogP contribution in [0.5, 0.6) is 0 Å². The molecule has 0 spiro atoms. The van der Waals surface area contributed by atoms with Crippen molar-refractivity contribution in [1.82, 2.24) is 9.97 Å². The zero-order valence-corrected chi connectivity index (χ0v) is 9.39. The summed E-state index contributed by atoms with van der Waals surface area (Å²) in [4.78, 5) is 8.17. The van der Waals surface area contributed by atoms with Crippen molar-refractivity contribution in [3.63, 3.8) is 0 Å². The number of nitrogens with one attached hydrogen (secondary N) is 1. The Labute approximate surface area is 98.4 Å². The summed E-state index contributed by atoms with van der Waals surface area (Å²) in [6.07, 6.45) is 4.41. The first-order chi connectivity index (χ1) is 7.75. The molecule has 86 valence electrons. The quantitative estimate of drug-likeness (QED) is 0.795. The van der Waals surface area contributed by atoms with Gasteiger partial charge in [-0.05, 0) is 6.42 Å². The molecule has 2 fully saturated rings. The van der Waals surface area contributed by atoms with E-state index >= 15 is 0 Å². The molecule has 4 atom stereocenters. The summed E-state index contributed by atoms with van der Waals surface area (Å²) < 4.78 is 5.61. The van der Waals surface area contributed by atoms with Crippen LogP contribution in [-0.2, 0) is 4.74 Å². The first-order valence-electron chi connectivity index (χ1n) is 5.37. The van der Waals surface area contributed by atoms with Crippen LogP contribution in [0.3, 0.4) is 0 Å². The molecular weight excluding hydrogens is 228 g/mol. The molecule has 6 heteroatoms. The van der Waals surface area contributed by atoms with Crippen LogP contribution in [0.25, 0.3) is 0 Å². The second kappa shape index (κ2) is 3.84. The van der Waals surface area contributed by atoms with Crippen molar-refractivity contribution in [3.05, 3.63) is 17.4 Å². The highest BCUT2D eigenvalue weighted by atomic mass is 35.5. The number of halogens is 1. The predicted octanol–water partition coefficient (Wildman–Crippen LogP) is 0.656. The first kappa shape index (κ1) is 10.3. The molecule has 0 aromatic carbocycles. The van der Waals surface area contributed by atoms with E-state index in [0.717, 1.165) is 13.0 Å². The number of hydrogen-bond acceptors (Lipinski definition) is 5. The molecule has 1 aliphatic heterocycles. The van der Waals surface area contributed by atoms with Crippen LogP contribution in [-0.4, -0.2) is 34.8 Å². The van der Waals surface area contributed by atoms with Crippen molar-refractivity contribution in [2.75, 3.05) is 11.9 Å². The summed E-state index contributed by atoms with van der Waals surface area (Å²) in [6.45, 7) is 0.808. The van der Waals surface area contributed by atoms with Crippen LogP contribution in [0, 0.1) is 5.92 Å². The van der Waals surface area contributed by atoms with Gasteiger partial charge in [0.15, 0.2) is 0 Å². The van der Waals surface area contributed by atoms with E-state index < -0.39 is 0 Å². The van der Waals surface area contributed by atoms with Crippen LogP contribution in [0.15, 0.2) is 12.4 Å². The molecule has 1 saturated heterocycles. The predicted molar refractivity (Wildman–Crippen MR) is 60.3 cm³/mol. The molecule has 2 heterocycles. The fourth-order valence-corrected chi connectivity index (χ4v) is 2.56. The number of rotatable bonds is 2. The smallest absolute Gasteiger partial charge is 0.223 e. The Morgan fingerprint density at radius 1 is 1.44 bits per heavy atom. The van der Waals surface area contributed by atoms with E-state index in [1.165, 1.54) is 0 Å². The number of ether oxygens (including phenoxy) is 1. The summed E-state index contributed by atoms with van der Waals surface area (Å²) in [5, 5.41) is 3.72. The highest BCUT2D eigenvalue weighted by molar-refractivity contribution is 6.30. The Morgan fingerprint density at radius 2 is 2.19 bits per heavy atom. The highest BCUT2D eigenvalue weighted by Gasteiger charge is 2.52. The van der Waals surface area contributed by atoms with Gasteiger partial charge in [-0.25, -0.2) is 9.97 Å². The normalized spacial score (nSPS) is 36.6. The summed E-state index contributed by atoms with van der Waals surface area (Å²) >= 11 is 5.71. The molecule has 3 rings (SSSR count). The second-order valence-corrected chi connectivity index (χ2v) is 4.70. The van der Waals surface area contributed by atoms with Gasteiger partial charge in [0.05, 0.1) is 29.6 Å². The van der Waals surface area contributed by atoms with E-state index in [0.29, 0.717) is 16.9 Å². The van der Waals surface area contributed by atoms with Crippen molar-refractivity contribution >= 4 is 17.5 Å². The zero-order chi connectivity index (χ0) is 11.1. The van der Waals surface area contributed by atoms with Gasteiger partial charge in [0.2, 0.25) is 5.95 Å². The summed E-state index contributed by atoms with van der Waals surface area (Å²) in [7, 11) is 0. The van der Waals surface area contributed by atoms with Crippen LogP contribution in [0.2, 0.25) is 5.02 Å². The molecule has 2 aliphatic rings. The molecule has 3 N–H and O–H groups in total. The fourth-order valence-electron chi connectivity index (χ4n) is 2.46. The van der Waals surface area contributed by atoms with Gasteiger partial charge < -0.3 is 15.8 Å². The SMILES string of the molecule is NC1C2CCOC2C1Nc1ncc(Cl)cn1. The molecular formula is C10H13ClN4O. The third kappa shape index (κ3) is 1.55. The van der Waals surface area contributed by atoms with E-state index in [1.54, 1.807) is 12.4 Å². The van der Waals surface area contributed by atoms with Gasteiger partial charge in [-0.2, -0.15) is 0 Å². The van der Waals surface area contributed by atoms with E-state index in [9.17, 15) is 0 Å². The van der Waals surface area contributed by atoms with Crippen LogP contribution < -0.4 is 11.1 Å². The second-order valence-electron chi connectivity index (χ2n) is 4.26. The topological polar surface area (TPSA) is 73.1 Å². The average molecular weight is 241 g/mol. The van der Waals surface area contributed by atoms with Gasteiger partial charge in [-0.15, -0.1) is 0 Å². The van der Waals surface area contributed by atoms with Gasteiger partial charge >= 0.3 is 0 Å². The van der Waals surface area contributed by atoms with E-state index in [2.05, 4.69) is 15.3 Å². The summed E-state index contributed by atoms with van der Waals surface area (Å²) in [5.74, 6) is 1.05. The lowest BCUT2D eigenvalue weighted by Crippen LogP contribution is -2.65. The molecule has 0 bridgehead atoms. The summed E-state index contributed by atoms with van der Waals surface area (Å²) in [6, 6.07) is 0.250. The molecule has 1 aromatic rings. The maximum absolute atomic E-state index is 6.06. The minimum Gasteiger partial charge on any atom is -0.376 e. The van der Waals surface area contributed by atoms with Gasteiger partial charge in [0.1, 0.15) is 0 Å². The number of fused-ring (bicyclic) bond motifs is 1. The fraction of sp³-hybridized carbons (Fsp3) is 0.600. The zero-order valence-electron chi connectivity index (χ0n) is 8.64.